The lowest BCUT2D eigenvalue weighted by Crippen LogP contribution is -2.00. The summed E-state index contributed by atoms with van der Waals surface area (Å²) in [6.07, 6.45) is 2.72. The number of aryl methyl sites for hydroxylation is 1. The minimum Gasteiger partial charge on any atom is -0.342 e. The van der Waals surface area contributed by atoms with E-state index in [4.69, 9.17) is 0 Å². The number of halogens is 1. The lowest BCUT2D eigenvalue weighted by molar-refractivity contribution is 0.112. The molecule has 0 aliphatic rings. The van der Waals surface area contributed by atoms with E-state index in [1.807, 2.05) is 42.0 Å². The van der Waals surface area contributed by atoms with E-state index in [1.165, 1.54) is 12.1 Å². The zero-order valence-corrected chi connectivity index (χ0v) is 11.1. The van der Waals surface area contributed by atoms with Crippen LogP contribution in [0.15, 0.2) is 48.7 Å². The Hall–Kier alpha value is -2.42. The first kappa shape index (κ1) is 12.6. The molecule has 0 fully saturated rings. The van der Waals surface area contributed by atoms with Crippen LogP contribution in [0.2, 0.25) is 0 Å². The van der Waals surface area contributed by atoms with E-state index in [0.717, 1.165) is 28.3 Å². The van der Waals surface area contributed by atoms with E-state index >= 15 is 0 Å². The van der Waals surface area contributed by atoms with E-state index in [0.29, 0.717) is 12.1 Å². The van der Waals surface area contributed by atoms with Gasteiger partial charge in [0.2, 0.25) is 0 Å². The molecule has 0 saturated carbocycles. The summed E-state index contributed by atoms with van der Waals surface area (Å²) in [6.45, 7) is 2.52. The standard InChI is InChI=1S/C17H14FNO/c1-12-8-15(18)7-6-13(12)9-19-10-14(11-20)16-4-2-3-5-17(16)19/h2-8,10-11H,9H2,1H3. The van der Waals surface area contributed by atoms with Gasteiger partial charge in [-0.25, -0.2) is 4.39 Å². The van der Waals surface area contributed by atoms with Gasteiger partial charge in [-0.3, -0.25) is 4.79 Å². The second-order valence-electron chi connectivity index (χ2n) is 4.92. The Labute approximate surface area is 116 Å². The number of hydrogen-bond acceptors (Lipinski definition) is 1. The molecule has 0 N–H and O–H groups in total. The summed E-state index contributed by atoms with van der Waals surface area (Å²) in [5.74, 6) is -0.225. The average molecular weight is 267 g/mol. The molecule has 1 heterocycles. The Morgan fingerprint density at radius 3 is 2.75 bits per heavy atom. The molecule has 1 aromatic heterocycles. The predicted octanol–water partition coefficient (Wildman–Crippen LogP) is 3.95. The van der Waals surface area contributed by atoms with Crippen molar-refractivity contribution in [2.24, 2.45) is 0 Å². The highest BCUT2D eigenvalue weighted by molar-refractivity contribution is 5.97. The van der Waals surface area contributed by atoms with Crippen molar-refractivity contribution in [3.05, 3.63) is 71.2 Å². The van der Waals surface area contributed by atoms with Crippen LogP contribution in [0, 0.1) is 12.7 Å². The van der Waals surface area contributed by atoms with Crippen LogP contribution in [0.3, 0.4) is 0 Å². The molecule has 0 aliphatic heterocycles. The van der Waals surface area contributed by atoms with Gasteiger partial charge in [0, 0.05) is 29.2 Å². The lowest BCUT2D eigenvalue weighted by atomic mass is 10.1. The molecule has 20 heavy (non-hydrogen) atoms. The van der Waals surface area contributed by atoms with Crippen LogP contribution in [0.25, 0.3) is 10.9 Å². The van der Waals surface area contributed by atoms with Gasteiger partial charge in [-0.05, 0) is 36.2 Å². The molecule has 0 bridgehead atoms. The second kappa shape index (κ2) is 4.93. The summed E-state index contributed by atoms with van der Waals surface area (Å²) < 4.78 is 15.2. The molecule has 100 valence electrons. The van der Waals surface area contributed by atoms with Crippen molar-refractivity contribution < 1.29 is 9.18 Å². The minimum atomic E-state index is -0.225. The third-order valence-electron chi connectivity index (χ3n) is 3.59. The van der Waals surface area contributed by atoms with Crippen molar-refractivity contribution >= 4 is 17.2 Å². The van der Waals surface area contributed by atoms with E-state index in [1.54, 1.807) is 6.07 Å². The molecule has 0 atom stereocenters. The highest BCUT2D eigenvalue weighted by atomic mass is 19.1. The Balaban J connectivity index is 2.09. The average Bonchev–Trinajstić information content (AvgIpc) is 2.80. The van der Waals surface area contributed by atoms with Crippen molar-refractivity contribution in [2.75, 3.05) is 0 Å². The van der Waals surface area contributed by atoms with Gasteiger partial charge in [0.15, 0.2) is 6.29 Å². The fourth-order valence-electron chi connectivity index (χ4n) is 2.52. The van der Waals surface area contributed by atoms with Gasteiger partial charge in [-0.2, -0.15) is 0 Å². The van der Waals surface area contributed by atoms with Gasteiger partial charge in [0.25, 0.3) is 0 Å². The highest BCUT2D eigenvalue weighted by Gasteiger charge is 2.08. The number of carbonyl (C=O) groups excluding carboxylic acids is 1. The molecule has 0 radical (unpaired) electrons. The summed E-state index contributed by atoms with van der Waals surface area (Å²) in [5, 5.41) is 0.947. The van der Waals surface area contributed by atoms with E-state index in [9.17, 15) is 9.18 Å². The number of aromatic nitrogens is 1. The summed E-state index contributed by atoms with van der Waals surface area (Å²) in [4.78, 5) is 11.1. The molecule has 0 aliphatic carbocycles. The number of benzene rings is 2. The monoisotopic (exact) mass is 267 g/mol. The van der Waals surface area contributed by atoms with Crippen LogP contribution in [-0.2, 0) is 6.54 Å². The molecule has 2 nitrogen and oxygen atoms in total. The normalized spacial score (nSPS) is 10.9. The Morgan fingerprint density at radius 1 is 1.20 bits per heavy atom. The first-order valence-electron chi connectivity index (χ1n) is 6.47. The fraction of sp³-hybridized carbons (Fsp3) is 0.118. The Morgan fingerprint density at radius 2 is 2.00 bits per heavy atom. The smallest absolute Gasteiger partial charge is 0.152 e. The van der Waals surface area contributed by atoms with Crippen LogP contribution >= 0.6 is 0 Å². The number of hydrogen-bond donors (Lipinski definition) is 0. The maximum atomic E-state index is 13.1. The summed E-state index contributed by atoms with van der Waals surface area (Å²) in [6, 6.07) is 12.6. The van der Waals surface area contributed by atoms with Gasteiger partial charge >= 0.3 is 0 Å². The highest BCUT2D eigenvalue weighted by Crippen LogP contribution is 2.22. The molecular weight excluding hydrogens is 253 g/mol. The van der Waals surface area contributed by atoms with Gasteiger partial charge in [0.05, 0.1) is 0 Å². The van der Waals surface area contributed by atoms with Crippen LogP contribution in [0.4, 0.5) is 4.39 Å². The summed E-state index contributed by atoms with van der Waals surface area (Å²) in [5.41, 5.74) is 3.65. The number of nitrogens with zero attached hydrogens (tertiary/aromatic N) is 1. The molecule has 3 heteroatoms. The van der Waals surface area contributed by atoms with Crippen molar-refractivity contribution in [3.63, 3.8) is 0 Å². The predicted molar refractivity (Wildman–Crippen MR) is 77.6 cm³/mol. The zero-order valence-electron chi connectivity index (χ0n) is 11.1. The molecular formula is C17H14FNO. The van der Waals surface area contributed by atoms with E-state index in [2.05, 4.69) is 0 Å². The number of aldehydes is 1. The summed E-state index contributed by atoms with van der Waals surface area (Å²) in [7, 11) is 0. The molecule has 0 saturated heterocycles. The Bertz CT molecular complexity index is 789. The number of fused-ring (bicyclic) bond motifs is 1. The third kappa shape index (κ3) is 2.11. The molecule has 0 amide bonds. The van der Waals surface area contributed by atoms with Crippen LogP contribution in [-0.4, -0.2) is 10.9 Å². The molecule has 2 aromatic carbocycles. The van der Waals surface area contributed by atoms with Crippen LogP contribution in [0.5, 0.6) is 0 Å². The van der Waals surface area contributed by atoms with Crippen LogP contribution < -0.4 is 0 Å². The van der Waals surface area contributed by atoms with Crippen LogP contribution in [0.1, 0.15) is 21.5 Å². The first-order valence-corrected chi connectivity index (χ1v) is 6.47. The SMILES string of the molecule is Cc1cc(F)ccc1Cn1cc(C=O)c2ccccc21. The van der Waals surface area contributed by atoms with Gasteiger partial charge in [-0.15, -0.1) is 0 Å². The molecule has 3 rings (SSSR count). The molecule has 0 unspecified atom stereocenters. The largest absolute Gasteiger partial charge is 0.342 e. The van der Waals surface area contributed by atoms with Crippen molar-refractivity contribution in [1.82, 2.24) is 4.57 Å². The summed E-state index contributed by atoms with van der Waals surface area (Å²) >= 11 is 0. The quantitative estimate of drug-likeness (QED) is 0.659. The van der Waals surface area contributed by atoms with Gasteiger partial charge in [-0.1, -0.05) is 24.3 Å². The molecule has 3 aromatic rings. The van der Waals surface area contributed by atoms with Gasteiger partial charge < -0.3 is 4.57 Å². The maximum absolute atomic E-state index is 13.1. The van der Waals surface area contributed by atoms with Crippen molar-refractivity contribution in [1.29, 1.82) is 0 Å². The van der Waals surface area contributed by atoms with Gasteiger partial charge in [0.1, 0.15) is 5.82 Å². The fourth-order valence-corrected chi connectivity index (χ4v) is 2.52. The molecule has 0 spiro atoms. The van der Waals surface area contributed by atoms with Crippen molar-refractivity contribution in [3.8, 4) is 0 Å². The van der Waals surface area contributed by atoms with E-state index < -0.39 is 0 Å². The van der Waals surface area contributed by atoms with E-state index in [-0.39, 0.29) is 5.82 Å². The second-order valence-corrected chi connectivity index (χ2v) is 4.92. The lowest BCUT2D eigenvalue weighted by Gasteiger charge is -2.08. The minimum absolute atomic E-state index is 0.225. The zero-order chi connectivity index (χ0) is 14.1. The Kier molecular flexibility index (Phi) is 3.11. The maximum Gasteiger partial charge on any atom is 0.152 e. The number of rotatable bonds is 3. The topological polar surface area (TPSA) is 22.0 Å². The third-order valence-corrected chi connectivity index (χ3v) is 3.59. The number of para-hydroxylation sites is 1. The first-order chi connectivity index (χ1) is 9.69. The van der Waals surface area contributed by atoms with Crippen molar-refractivity contribution in [2.45, 2.75) is 13.5 Å². The number of carbonyl (C=O) groups is 1.